The number of hydrogen-bond donors (Lipinski definition) is 1. The van der Waals surface area contributed by atoms with Gasteiger partial charge in [0.05, 0.1) is 45.2 Å². The number of methoxy groups -OCH3 is 2. The Morgan fingerprint density at radius 1 is 1.30 bits per heavy atom. The number of benzene rings is 1. The van der Waals surface area contributed by atoms with Crippen LogP contribution in [0.4, 0.5) is 0 Å². The van der Waals surface area contributed by atoms with Crippen molar-refractivity contribution < 1.29 is 28.8 Å². The van der Waals surface area contributed by atoms with Gasteiger partial charge in [-0.1, -0.05) is 0 Å². The van der Waals surface area contributed by atoms with Crippen LogP contribution in [0.15, 0.2) is 24.3 Å². The first-order valence-electron chi connectivity index (χ1n) is 10.5. The number of amides is 1. The van der Waals surface area contributed by atoms with Crippen molar-refractivity contribution in [2.45, 2.75) is 32.2 Å². The Morgan fingerprint density at radius 2 is 2.03 bits per heavy atom. The molecule has 1 aliphatic heterocycles. The van der Waals surface area contributed by atoms with E-state index in [0.717, 1.165) is 6.54 Å². The van der Waals surface area contributed by atoms with E-state index in [4.69, 9.17) is 18.9 Å². The summed E-state index contributed by atoms with van der Waals surface area (Å²) in [5.74, 6) is 0.641. The van der Waals surface area contributed by atoms with Crippen LogP contribution in [-0.2, 0) is 14.2 Å². The van der Waals surface area contributed by atoms with E-state index in [9.17, 15) is 9.90 Å². The molecule has 170 valence electrons. The highest BCUT2D eigenvalue weighted by Gasteiger charge is 2.26. The molecule has 8 heteroatoms. The summed E-state index contributed by atoms with van der Waals surface area (Å²) in [5, 5.41) is 10.2. The third-order valence-electron chi connectivity index (χ3n) is 4.93. The van der Waals surface area contributed by atoms with Crippen LogP contribution in [0.25, 0.3) is 0 Å². The van der Waals surface area contributed by atoms with Gasteiger partial charge in [-0.15, -0.1) is 0 Å². The fraction of sp³-hybridized carbons (Fsp3) is 0.682. The Balaban J connectivity index is 1.94. The van der Waals surface area contributed by atoms with Crippen LogP contribution in [0.5, 0.6) is 5.75 Å². The molecule has 1 aromatic carbocycles. The standard InChI is InChI=1S/C22H36N2O6/c1-17(2)30-16-19(25)13-23-9-12-29-21(14-23)15-24(10-11-27-3)22(26)18-5-7-20(28-4)8-6-18/h5-8,17,19,21,25H,9-16H2,1-4H3/t19-,21-/m1/s1. The summed E-state index contributed by atoms with van der Waals surface area (Å²) in [6.07, 6.45) is -0.580. The van der Waals surface area contributed by atoms with Gasteiger partial charge in [0.25, 0.3) is 5.91 Å². The fourth-order valence-electron chi connectivity index (χ4n) is 3.35. The molecule has 0 aliphatic carbocycles. The smallest absolute Gasteiger partial charge is 0.254 e. The molecule has 1 heterocycles. The molecule has 0 aromatic heterocycles. The monoisotopic (exact) mass is 424 g/mol. The minimum absolute atomic E-state index is 0.0687. The lowest BCUT2D eigenvalue weighted by Crippen LogP contribution is -2.51. The maximum Gasteiger partial charge on any atom is 0.254 e. The number of aliphatic hydroxyl groups excluding tert-OH is 1. The molecule has 2 atom stereocenters. The molecular weight excluding hydrogens is 388 g/mol. The highest BCUT2D eigenvalue weighted by atomic mass is 16.5. The summed E-state index contributed by atoms with van der Waals surface area (Å²) >= 11 is 0. The Morgan fingerprint density at radius 3 is 2.67 bits per heavy atom. The van der Waals surface area contributed by atoms with Crippen LogP contribution in [-0.4, -0.2) is 106 Å². The van der Waals surface area contributed by atoms with Crippen LogP contribution in [0.3, 0.4) is 0 Å². The van der Waals surface area contributed by atoms with Crippen molar-refractivity contribution in [1.29, 1.82) is 0 Å². The van der Waals surface area contributed by atoms with E-state index in [1.54, 1.807) is 43.4 Å². The Labute approximate surface area is 179 Å². The summed E-state index contributed by atoms with van der Waals surface area (Å²) in [5.41, 5.74) is 0.598. The number of carbonyl (C=O) groups is 1. The number of hydrogen-bond acceptors (Lipinski definition) is 7. The number of nitrogens with zero attached hydrogens (tertiary/aromatic N) is 2. The zero-order valence-electron chi connectivity index (χ0n) is 18.6. The number of β-amino-alcohol motifs (C(OH)–C–C–N with tert-alkyl or cyclic N) is 1. The average Bonchev–Trinajstić information content (AvgIpc) is 2.75. The van der Waals surface area contributed by atoms with E-state index in [0.29, 0.717) is 57.3 Å². The molecule has 1 fully saturated rings. The number of morpholine rings is 1. The van der Waals surface area contributed by atoms with Crippen molar-refractivity contribution in [2.24, 2.45) is 0 Å². The zero-order chi connectivity index (χ0) is 21.9. The first-order valence-corrected chi connectivity index (χ1v) is 10.5. The maximum atomic E-state index is 13.0. The molecule has 1 N–H and O–H groups in total. The Bertz CT molecular complexity index is 625. The number of ether oxygens (including phenoxy) is 4. The predicted molar refractivity (Wildman–Crippen MR) is 114 cm³/mol. The molecule has 1 amide bonds. The maximum absolute atomic E-state index is 13.0. The van der Waals surface area contributed by atoms with Gasteiger partial charge in [-0.25, -0.2) is 0 Å². The molecule has 0 bridgehead atoms. The zero-order valence-corrected chi connectivity index (χ0v) is 18.6. The second-order valence-corrected chi connectivity index (χ2v) is 7.76. The molecule has 30 heavy (non-hydrogen) atoms. The van der Waals surface area contributed by atoms with Crippen LogP contribution < -0.4 is 4.74 Å². The van der Waals surface area contributed by atoms with E-state index in [1.807, 2.05) is 13.8 Å². The largest absolute Gasteiger partial charge is 0.497 e. The van der Waals surface area contributed by atoms with E-state index in [-0.39, 0.29) is 18.1 Å². The summed E-state index contributed by atoms with van der Waals surface area (Å²) in [4.78, 5) is 17.0. The normalized spacial score (nSPS) is 18.4. The Kier molecular flexibility index (Phi) is 10.5. The van der Waals surface area contributed by atoms with Crippen LogP contribution in [0.1, 0.15) is 24.2 Å². The van der Waals surface area contributed by atoms with Crippen molar-refractivity contribution >= 4 is 5.91 Å². The van der Waals surface area contributed by atoms with Gasteiger partial charge in [-0.2, -0.15) is 0 Å². The van der Waals surface area contributed by atoms with E-state index in [2.05, 4.69) is 4.90 Å². The van der Waals surface area contributed by atoms with Crippen LogP contribution >= 0.6 is 0 Å². The van der Waals surface area contributed by atoms with Crippen molar-refractivity contribution in [3.8, 4) is 5.75 Å². The quantitative estimate of drug-likeness (QED) is 0.541. The molecule has 1 aliphatic rings. The second kappa shape index (κ2) is 12.9. The van der Waals surface area contributed by atoms with Gasteiger partial charge < -0.3 is 29.0 Å². The first kappa shape index (κ1) is 24.6. The van der Waals surface area contributed by atoms with Gasteiger partial charge in [0.15, 0.2) is 0 Å². The summed E-state index contributed by atoms with van der Waals surface area (Å²) in [6.45, 7) is 8.10. The van der Waals surface area contributed by atoms with Crippen LogP contribution in [0.2, 0.25) is 0 Å². The highest BCUT2D eigenvalue weighted by Crippen LogP contribution is 2.15. The van der Waals surface area contributed by atoms with E-state index >= 15 is 0 Å². The number of rotatable bonds is 12. The minimum atomic E-state index is -0.545. The lowest BCUT2D eigenvalue weighted by Gasteiger charge is -2.36. The van der Waals surface area contributed by atoms with Crippen molar-refractivity contribution in [2.75, 3.05) is 66.8 Å². The summed E-state index contributed by atoms with van der Waals surface area (Å²) in [7, 11) is 3.22. The van der Waals surface area contributed by atoms with Crippen molar-refractivity contribution in [3.05, 3.63) is 29.8 Å². The minimum Gasteiger partial charge on any atom is -0.497 e. The summed E-state index contributed by atoms with van der Waals surface area (Å²) < 4.78 is 21.8. The molecule has 2 rings (SSSR count). The molecule has 0 spiro atoms. The van der Waals surface area contributed by atoms with Gasteiger partial charge in [0.1, 0.15) is 5.75 Å². The number of carbonyl (C=O) groups excluding carboxylic acids is 1. The lowest BCUT2D eigenvalue weighted by atomic mass is 10.1. The second-order valence-electron chi connectivity index (χ2n) is 7.76. The van der Waals surface area contributed by atoms with Crippen LogP contribution in [0, 0.1) is 0 Å². The lowest BCUT2D eigenvalue weighted by molar-refractivity contribution is -0.0634. The first-order chi connectivity index (χ1) is 14.4. The average molecular weight is 425 g/mol. The number of aliphatic hydroxyl groups is 1. The van der Waals surface area contributed by atoms with Gasteiger partial charge in [0, 0.05) is 45.4 Å². The molecule has 0 saturated carbocycles. The van der Waals surface area contributed by atoms with Gasteiger partial charge in [-0.05, 0) is 38.1 Å². The SMILES string of the molecule is COCCN(C[C@H]1CN(C[C@@H](O)COC(C)C)CCO1)C(=O)c1ccc(OC)cc1. The molecule has 1 aromatic rings. The molecular formula is C22H36N2O6. The Hall–Kier alpha value is -1.71. The molecule has 0 unspecified atom stereocenters. The topological polar surface area (TPSA) is 80.7 Å². The fourth-order valence-corrected chi connectivity index (χ4v) is 3.35. The molecule has 0 radical (unpaired) electrons. The van der Waals surface area contributed by atoms with Crippen molar-refractivity contribution in [3.63, 3.8) is 0 Å². The predicted octanol–water partition coefficient (Wildman–Crippen LogP) is 1.27. The third kappa shape index (κ3) is 8.20. The third-order valence-corrected chi connectivity index (χ3v) is 4.93. The van der Waals surface area contributed by atoms with Gasteiger partial charge in [-0.3, -0.25) is 9.69 Å². The highest BCUT2D eigenvalue weighted by molar-refractivity contribution is 5.94. The van der Waals surface area contributed by atoms with Gasteiger partial charge >= 0.3 is 0 Å². The molecule has 8 nitrogen and oxygen atoms in total. The van der Waals surface area contributed by atoms with E-state index in [1.165, 1.54) is 0 Å². The molecule has 1 saturated heterocycles. The van der Waals surface area contributed by atoms with E-state index < -0.39 is 6.10 Å². The van der Waals surface area contributed by atoms with Gasteiger partial charge in [0.2, 0.25) is 0 Å². The summed E-state index contributed by atoms with van der Waals surface area (Å²) in [6, 6.07) is 7.09. The van der Waals surface area contributed by atoms with Crippen molar-refractivity contribution in [1.82, 2.24) is 9.80 Å².